The molecule has 1 aliphatic heterocycles. The molecule has 4 rings (SSSR count). The molecule has 1 aliphatic rings. The third-order valence-corrected chi connectivity index (χ3v) is 3.30. The van der Waals surface area contributed by atoms with Crippen molar-refractivity contribution in [2.75, 3.05) is 13.2 Å². The quantitative estimate of drug-likeness (QED) is 0.716. The Bertz CT molecular complexity index is 787. The van der Waals surface area contributed by atoms with Crippen LogP contribution in [0.1, 0.15) is 11.5 Å². The lowest BCUT2D eigenvalue weighted by atomic mass is 10.2. The molecule has 0 saturated carbocycles. The van der Waals surface area contributed by atoms with E-state index in [0.717, 1.165) is 28.2 Å². The molecule has 0 N–H and O–H groups in total. The van der Waals surface area contributed by atoms with E-state index in [0.29, 0.717) is 19.1 Å². The number of aromatic nitrogens is 1. The van der Waals surface area contributed by atoms with Gasteiger partial charge in [0, 0.05) is 6.08 Å². The molecule has 0 bridgehead atoms. The minimum Gasteiger partial charge on any atom is -0.486 e. The molecule has 4 heteroatoms. The van der Waals surface area contributed by atoms with Crippen molar-refractivity contribution in [3.05, 3.63) is 53.9 Å². The summed E-state index contributed by atoms with van der Waals surface area (Å²) in [5, 5.41) is 0. The summed E-state index contributed by atoms with van der Waals surface area (Å²) in [6.45, 7) is 1.19. The second-order valence-electron chi connectivity index (χ2n) is 4.76. The van der Waals surface area contributed by atoms with Crippen molar-refractivity contribution in [1.82, 2.24) is 4.98 Å². The van der Waals surface area contributed by atoms with E-state index in [1.165, 1.54) is 0 Å². The Morgan fingerprint density at radius 2 is 1.76 bits per heavy atom. The van der Waals surface area contributed by atoms with Crippen LogP contribution in [-0.4, -0.2) is 18.2 Å². The summed E-state index contributed by atoms with van der Waals surface area (Å²) < 4.78 is 16.7. The smallest absolute Gasteiger partial charge is 0.220 e. The molecular weight excluding hydrogens is 266 g/mol. The summed E-state index contributed by atoms with van der Waals surface area (Å²) >= 11 is 0. The lowest BCUT2D eigenvalue weighted by molar-refractivity contribution is 0.171. The van der Waals surface area contributed by atoms with Gasteiger partial charge in [-0.1, -0.05) is 18.2 Å². The van der Waals surface area contributed by atoms with Gasteiger partial charge in [0.1, 0.15) is 18.7 Å². The first-order valence-electron chi connectivity index (χ1n) is 6.82. The van der Waals surface area contributed by atoms with Crippen molar-refractivity contribution >= 4 is 23.3 Å². The molecule has 2 heterocycles. The van der Waals surface area contributed by atoms with Crippen LogP contribution < -0.4 is 9.47 Å². The van der Waals surface area contributed by atoms with Crippen LogP contribution in [0.3, 0.4) is 0 Å². The van der Waals surface area contributed by atoms with E-state index in [4.69, 9.17) is 13.9 Å². The highest BCUT2D eigenvalue weighted by atomic mass is 16.6. The van der Waals surface area contributed by atoms with Crippen LogP contribution >= 0.6 is 0 Å². The summed E-state index contributed by atoms with van der Waals surface area (Å²) in [6.07, 6.45) is 3.80. The van der Waals surface area contributed by atoms with Crippen LogP contribution in [0, 0.1) is 0 Å². The first-order valence-corrected chi connectivity index (χ1v) is 6.82. The number of rotatable bonds is 2. The van der Waals surface area contributed by atoms with Gasteiger partial charge >= 0.3 is 0 Å². The van der Waals surface area contributed by atoms with E-state index in [1.807, 2.05) is 54.6 Å². The van der Waals surface area contributed by atoms with Gasteiger partial charge in [0.05, 0.1) is 0 Å². The third kappa shape index (κ3) is 2.36. The van der Waals surface area contributed by atoms with Gasteiger partial charge < -0.3 is 13.9 Å². The van der Waals surface area contributed by atoms with Crippen LogP contribution in [0.2, 0.25) is 0 Å². The number of hydrogen-bond acceptors (Lipinski definition) is 4. The van der Waals surface area contributed by atoms with Crippen molar-refractivity contribution in [3.63, 3.8) is 0 Å². The van der Waals surface area contributed by atoms with Crippen molar-refractivity contribution in [1.29, 1.82) is 0 Å². The fourth-order valence-electron chi connectivity index (χ4n) is 2.29. The fraction of sp³-hybridized carbons (Fsp3) is 0.118. The maximum atomic E-state index is 5.65. The zero-order valence-electron chi connectivity index (χ0n) is 11.3. The van der Waals surface area contributed by atoms with Crippen molar-refractivity contribution in [2.45, 2.75) is 0 Å². The monoisotopic (exact) mass is 279 g/mol. The number of benzene rings is 2. The van der Waals surface area contributed by atoms with Gasteiger partial charge in [-0.05, 0) is 35.9 Å². The number of nitrogens with zero attached hydrogens (tertiary/aromatic N) is 1. The number of para-hydroxylation sites is 2. The standard InChI is InChI=1S/C17H13NO3/c1-2-4-14-13(3-1)18-17(21-14)8-6-12-5-7-15-16(11-12)20-10-9-19-15/h1-8,11H,9-10H2. The molecule has 2 aromatic carbocycles. The van der Waals surface area contributed by atoms with Crippen LogP contribution in [0.15, 0.2) is 46.9 Å². The van der Waals surface area contributed by atoms with Gasteiger partial charge in [-0.2, -0.15) is 0 Å². The van der Waals surface area contributed by atoms with Crippen molar-refractivity contribution in [3.8, 4) is 11.5 Å². The second-order valence-corrected chi connectivity index (χ2v) is 4.76. The van der Waals surface area contributed by atoms with Crippen molar-refractivity contribution in [2.24, 2.45) is 0 Å². The molecular formula is C17H13NO3. The highest BCUT2D eigenvalue weighted by Gasteiger charge is 2.10. The van der Waals surface area contributed by atoms with Gasteiger partial charge in [0.15, 0.2) is 17.1 Å². The SMILES string of the molecule is C(=Cc1nc2ccccc2o1)c1ccc2c(c1)OCCO2. The predicted molar refractivity (Wildman–Crippen MR) is 80.4 cm³/mol. The van der Waals surface area contributed by atoms with Gasteiger partial charge in [0.25, 0.3) is 0 Å². The van der Waals surface area contributed by atoms with E-state index >= 15 is 0 Å². The normalized spacial score (nSPS) is 13.9. The second kappa shape index (κ2) is 4.98. The molecule has 4 nitrogen and oxygen atoms in total. The predicted octanol–water partition coefficient (Wildman–Crippen LogP) is 3.77. The fourth-order valence-corrected chi connectivity index (χ4v) is 2.29. The molecule has 21 heavy (non-hydrogen) atoms. The molecule has 0 atom stereocenters. The van der Waals surface area contributed by atoms with E-state index in [9.17, 15) is 0 Å². The molecule has 0 radical (unpaired) electrons. The minimum absolute atomic E-state index is 0.589. The van der Waals surface area contributed by atoms with E-state index in [2.05, 4.69) is 4.98 Å². The lowest BCUT2D eigenvalue weighted by Crippen LogP contribution is -2.15. The number of fused-ring (bicyclic) bond motifs is 2. The Labute approximate surface area is 121 Å². The van der Waals surface area contributed by atoms with Gasteiger partial charge in [-0.15, -0.1) is 0 Å². The average molecular weight is 279 g/mol. The molecule has 3 aromatic rings. The van der Waals surface area contributed by atoms with E-state index in [1.54, 1.807) is 0 Å². The molecule has 1 aromatic heterocycles. The summed E-state index contributed by atoms with van der Waals surface area (Å²) in [6, 6.07) is 13.6. The van der Waals surface area contributed by atoms with E-state index in [-0.39, 0.29) is 0 Å². The average Bonchev–Trinajstić information content (AvgIpc) is 2.95. The Kier molecular flexibility index (Phi) is 2.85. The number of hydrogen-bond donors (Lipinski definition) is 0. The number of ether oxygens (including phenoxy) is 2. The van der Waals surface area contributed by atoms with Gasteiger partial charge in [-0.25, -0.2) is 4.98 Å². The molecule has 0 spiro atoms. The molecule has 0 unspecified atom stereocenters. The summed E-state index contributed by atoms with van der Waals surface area (Å²) in [5.41, 5.74) is 2.67. The Balaban J connectivity index is 1.62. The van der Waals surface area contributed by atoms with Gasteiger partial charge in [0.2, 0.25) is 5.89 Å². The molecule has 0 fully saturated rings. The Morgan fingerprint density at radius 1 is 0.905 bits per heavy atom. The maximum absolute atomic E-state index is 5.65. The summed E-state index contributed by atoms with van der Waals surface area (Å²) in [7, 11) is 0. The molecule has 104 valence electrons. The Morgan fingerprint density at radius 3 is 2.67 bits per heavy atom. The third-order valence-electron chi connectivity index (χ3n) is 3.30. The summed E-state index contributed by atoms with van der Waals surface area (Å²) in [5.74, 6) is 2.16. The van der Waals surface area contributed by atoms with Gasteiger partial charge in [-0.3, -0.25) is 0 Å². The minimum atomic E-state index is 0.589. The first-order chi connectivity index (χ1) is 10.4. The molecule has 0 amide bonds. The van der Waals surface area contributed by atoms with E-state index < -0.39 is 0 Å². The van der Waals surface area contributed by atoms with Crippen LogP contribution in [-0.2, 0) is 0 Å². The van der Waals surface area contributed by atoms with Crippen LogP contribution in [0.25, 0.3) is 23.3 Å². The largest absolute Gasteiger partial charge is 0.486 e. The Hall–Kier alpha value is -2.75. The van der Waals surface area contributed by atoms with Crippen LogP contribution in [0.5, 0.6) is 11.5 Å². The molecule has 0 aliphatic carbocycles. The van der Waals surface area contributed by atoms with Crippen LogP contribution in [0.4, 0.5) is 0 Å². The lowest BCUT2D eigenvalue weighted by Gasteiger charge is -2.18. The highest BCUT2D eigenvalue weighted by molar-refractivity contribution is 5.76. The highest BCUT2D eigenvalue weighted by Crippen LogP contribution is 2.31. The first kappa shape index (κ1) is 12.0. The zero-order valence-corrected chi connectivity index (χ0v) is 11.3. The zero-order chi connectivity index (χ0) is 14.1. The summed E-state index contributed by atoms with van der Waals surface area (Å²) in [4.78, 5) is 4.41. The number of oxazole rings is 1. The maximum Gasteiger partial charge on any atom is 0.220 e. The topological polar surface area (TPSA) is 44.5 Å². The molecule has 0 saturated heterocycles. The van der Waals surface area contributed by atoms with Crippen molar-refractivity contribution < 1.29 is 13.9 Å².